The lowest BCUT2D eigenvalue weighted by molar-refractivity contribution is 0.103. The molecule has 6 heteroatoms. The third-order valence-corrected chi connectivity index (χ3v) is 14.1. The first-order chi connectivity index (χ1) is 33.7. The maximum absolute atomic E-state index is 12.7. The van der Waals surface area contributed by atoms with E-state index in [2.05, 4.69) is 0 Å². The quantitative estimate of drug-likeness (QED) is 0.0357. The molecule has 0 heterocycles. The third-order valence-electron chi connectivity index (χ3n) is 14.1. The first-order valence-electron chi connectivity index (χ1n) is 27.7. The van der Waals surface area contributed by atoms with Gasteiger partial charge in [0.1, 0.15) is 11.5 Å². The Hall–Kier alpha value is -4.26. The van der Waals surface area contributed by atoms with Gasteiger partial charge >= 0.3 is 0 Å². The second-order valence-corrected chi connectivity index (χ2v) is 19.7. The summed E-state index contributed by atoms with van der Waals surface area (Å²) in [5, 5.41) is 0. The van der Waals surface area contributed by atoms with Crippen LogP contribution < -0.4 is 9.47 Å². The van der Waals surface area contributed by atoms with E-state index in [-0.39, 0.29) is 11.6 Å². The zero-order valence-corrected chi connectivity index (χ0v) is 42.0. The molecule has 6 nitrogen and oxygen atoms in total. The van der Waals surface area contributed by atoms with Crippen molar-refractivity contribution in [2.24, 2.45) is 0 Å². The van der Waals surface area contributed by atoms with Crippen molar-refractivity contribution in [3.63, 3.8) is 0 Å². The van der Waals surface area contributed by atoms with Gasteiger partial charge in [0.05, 0.1) is 13.2 Å². The lowest BCUT2D eigenvalue weighted by Crippen LogP contribution is -1.99. The van der Waals surface area contributed by atoms with Crippen molar-refractivity contribution in [1.82, 2.24) is 0 Å². The number of ether oxygens (including phenoxy) is 4. The number of fused-ring (bicyclic) bond motifs is 6. The first-order valence-corrected chi connectivity index (χ1v) is 27.7. The predicted octanol–water partition coefficient (Wildman–Crippen LogP) is 17.3. The summed E-state index contributed by atoms with van der Waals surface area (Å²) in [7, 11) is 0. The van der Waals surface area contributed by atoms with Gasteiger partial charge in [-0.05, 0) is 97.2 Å². The van der Waals surface area contributed by atoms with Crippen LogP contribution >= 0.6 is 0 Å². The number of rotatable bonds is 41. The van der Waals surface area contributed by atoms with Crippen LogP contribution in [0.15, 0.2) is 84.9 Å². The number of carbonyl (C=O) groups is 2. The van der Waals surface area contributed by atoms with Gasteiger partial charge in [0.2, 0.25) is 0 Å². The molecule has 0 N–H and O–H groups in total. The molecule has 2 aliphatic carbocycles. The molecule has 0 saturated carbocycles. The Morgan fingerprint density at radius 2 is 0.471 bits per heavy atom. The normalized spacial score (nSPS) is 12.4. The van der Waals surface area contributed by atoms with Crippen molar-refractivity contribution in [2.45, 2.75) is 193 Å². The molecule has 0 unspecified atom stereocenters. The second kappa shape index (κ2) is 32.5. The van der Waals surface area contributed by atoms with Crippen LogP contribution in [0.3, 0.4) is 0 Å². The van der Waals surface area contributed by atoms with Crippen LogP contribution in [0, 0.1) is 0 Å². The molecule has 4 aromatic carbocycles. The van der Waals surface area contributed by atoms with Gasteiger partial charge in [0.25, 0.3) is 0 Å². The van der Waals surface area contributed by atoms with Crippen molar-refractivity contribution >= 4 is 11.6 Å². The maximum atomic E-state index is 12.7. The van der Waals surface area contributed by atoms with Crippen molar-refractivity contribution < 1.29 is 28.5 Å². The smallest absolute Gasteiger partial charge is 0.194 e. The Morgan fingerprint density at radius 1 is 0.235 bits per heavy atom. The molecule has 6 rings (SSSR count). The lowest BCUT2D eigenvalue weighted by Gasteiger charge is -2.08. The van der Waals surface area contributed by atoms with Crippen molar-refractivity contribution in [1.29, 1.82) is 0 Å². The van der Waals surface area contributed by atoms with Crippen LogP contribution in [0.5, 0.6) is 11.5 Å². The molecule has 0 atom stereocenters. The van der Waals surface area contributed by atoms with Gasteiger partial charge in [-0.1, -0.05) is 203 Å². The van der Waals surface area contributed by atoms with E-state index < -0.39 is 0 Å². The summed E-state index contributed by atoms with van der Waals surface area (Å²) in [4.78, 5) is 25.5. The van der Waals surface area contributed by atoms with Crippen molar-refractivity contribution in [3.8, 4) is 33.8 Å². The molecule has 4 aromatic rings. The molecule has 370 valence electrons. The van der Waals surface area contributed by atoms with Gasteiger partial charge in [-0.3, -0.25) is 9.59 Å². The van der Waals surface area contributed by atoms with E-state index in [1.54, 1.807) is 0 Å². The van der Waals surface area contributed by atoms with E-state index >= 15 is 0 Å². The summed E-state index contributed by atoms with van der Waals surface area (Å²) in [6.45, 7) is 5.18. The third kappa shape index (κ3) is 18.6. The molecule has 0 saturated heterocycles. The van der Waals surface area contributed by atoms with Crippen LogP contribution in [0.25, 0.3) is 22.3 Å². The van der Waals surface area contributed by atoms with Crippen LogP contribution in [-0.2, 0) is 9.47 Å². The van der Waals surface area contributed by atoms with E-state index in [0.29, 0.717) is 13.2 Å². The highest BCUT2D eigenvalue weighted by Crippen LogP contribution is 2.39. The summed E-state index contributed by atoms with van der Waals surface area (Å²) in [6, 6.07) is 27.6. The number of hydrogen-bond donors (Lipinski definition) is 0. The van der Waals surface area contributed by atoms with E-state index in [0.717, 1.165) is 95.3 Å². The topological polar surface area (TPSA) is 71.1 Å². The number of hydrogen-bond acceptors (Lipinski definition) is 6. The molecule has 0 amide bonds. The fourth-order valence-corrected chi connectivity index (χ4v) is 10.0. The van der Waals surface area contributed by atoms with Gasteiger partial charge in [0.15, 0.2) is 11.6 Å². The first kappa shape index (κ1) is 53.1. The largest absolute Gasteiger partial charge is 0.494 e. The minimum absolute atomic E-state index is 0.111. The molecule has 0 aromatic heterocycles. The van der Waals surface area contributed by atoms with E-state index in [1.165, 1.54) is 180 Å². The van der Waals surface area contributed by atoms with Gasteiger partial charge in [-0.2, -0.15) is 0 Å². The number of ketones is 2. The molecule has 0 aliphatic heterocycles. The Bertz CT molecular complexity index is 1890. The van der Waals surface area contributed by atoms with Gasteiger partial charge in [-0.15, -0.1) is 0 Å². The lowest BCUT2D eigenvalue weighted by atomic mass is 10.1. The van der Waals surface area contributed by atoms with Gasteiger partial charge in [-0.25, -0.2) is 0 Å². The van der Waals surface area contributed by atoms with Gasteiger partial charge in [0, 0.05) is 48.7 Å². The summed E-state index contributed by atoms with van der Waals surface area (Å²) < 4.78 is 23.8. The number of carbonyl (C=O) groups excluding carboxylic acids is 2. The SMILES string of the molecule is O=C1c2ccccc2-c2ccc(OCCCCCCCCCCCCOCCCCCCCCCCCCOCCCCCCCCCCCCOc3ccc4c(c3)C(=O)c3ccccc3-4)cc21. The highest BCUT2D eigenvalue weighted by Gasteiger charge is 2.27. The minimum atomic E-state index is 0.111. The molecular formula is C62H86O6. The zero-order valence-electron chi connectivity index (χ0n) is 42.0. The zero-order chi connectivity index (χ0) is 47.1. The molecule has 0 radical (unpaired) electrons. The molecule has 0 spiro atoms. The Kier molecular flexibility index (Phi) is 25.4. The number of unbranched alkanes of at least 4 members (excludes halogenated alkanes) is 27. The molecule has 2 aliphatic rings. The fourth-order valence-electron chi connectivity index (χ4n) is 10.0. The molecule has 68 heavy (non-hydrogen) atoms. The van der Waals surface area contributed by atoms with Crippen LogP contribution in [-0.4, -0.2) is 51.2 Å². The molecule has 0 bridgehead atoms. The Balaban J connectivity index is 0.576. The van der Waals surface area contributed by atoms with Gasteiger partial charge < -0.3 is 18.9 Å². The van der Waals surface area contributed by atoms with E-state index in [4.69, 9.17) is 18.9 Å². The maximum Gasteiger partial charge on any atom is 0.194 e. The van der Waals surface area contributed by atoms with E-state index in [9.17, 15) is 9.59 Å². The average molecular weight is 927 g/mol. The highest BCUT2D eigenvalue weighted by atomic mass is 16.5. The molecule has 0 fully saturated rings. The van der Waals surface area contributed by atoms with Crippen molar-refractivity contribution in [3.05, 3.63) is 107 Å². The number of benzene rings is 4. The average Bonchev–Trinajstić information content (AvgIpc) is 3.81. The Labute approximate surface area is 411 Å². The van der Waals surface area contributed by atoms with Crippen LogP contribution in [0.1, 0.15) is 224 Å². The predicted molar refractivity (Wildman–Crippen MR) is 282 cm³/mol. The summed E-state index contributed by atoms with van der Waals surface area (Å²) in [5.41, 5.74) is 7.26. The minimum Gasteiger partial charge on any atom is -0.494 e. The fraction of sp³-hybridized carbons (Fsp3) is 0.581. The Morgan fingerprint density at radius 3 is 0.765 bits per heavy atom. The molecular weight excluding hydrogens is 841 g/mol. The summed E-state index contributed by atoms with van der Waals surface area (Å²) in [5.74, 6) is 1.83. The second-order valence-electron chi connectivity index (χ2n) is 19.7. The van der Waals surface area contributed by atoms with Crippen LogP contribution in [0.2, 0.25) is 0 Å². The monoisotopic (exact) mass is 927 g/mol. The standard InChI is InChI=1S/C62H86O6/c63-61-57-37-27-25-35-53(57)55-41-39-51(49-59(55)61)67-47-33-23-17-11-5-3-9-15-21-31-45-65-43-29-19-13-7-1-2-8-14-20-30-44-66-46-32-22-16-10-4-6-12-18-24-34-48-68-52-40-42-56-54-36-26-28-38-58(54)62(64)60(56)50-52/h25-28,35-42,49-50H,1-24,29-34,43-48H2. The summed E-state index contributed by atoms with van der Waals surface area (Å²) >= 11 is 0. The summed E-state index contributed by atoms with van der Waals surface area (Å²) in [6.07, 6.45) is 38.8. The van der Waals surface area contributed by atoms with E-state index in [1.807, 2.05) is 84.9 Å². The van der Waals surface area contributed by atoms with Crippen molar-refractivity contribution in [2.75, 3.05) is 39.6 Å². The van der Waals surface area contributed by atoms with Crippen LogP contribution in [0.4, 0.5) is 0 Å². The highest BCUT2D eigenvalue weighted by molar-refractivity contribution is 6.22.